The Bertz CT molecular complexity index is 843. The molecule has 2 fully saturated rings. The molecule has 2 amide bonds. The third-order valence-corrected chi connectivity index (χ3v) is 5.20. The van der Waals surface area contributed by atoms with Crippen molar-refractivity contribution in [2.45, 2.75) is 43.8 Å². The van der Waals surface area contributed by atoms with Crippen molar-refractivity contribution in [1.29, 1.82) is 0 Å². The number of nitrogens with zero attached hydrogens (tertiary/aromatic N) is 3. The molecule has 1 saturated carbocycles. The molecule has 1 aromatic heterocycles. The smallest absolute Gasteiger partial charge is 0.255 e. The minimum absolute atomic E-state index is 0.0481. The van der Waals surface area contributed by atoms with E-state index in [2.05, 4.69) is 10.3 Å². The monoisotopic (exact) mass is 354 g/mol. The second-order valence-electron chi connectivity index (χ2n) is 7.04. The number of aromatic nitrogens is 2. The lowest BCUT2D eigenvalue weighted by atomic mass is 9.92. The van der Waals surface area contributed by atoms with Crippen LogP contribution in [0.1, 0.15) is 47.8 Å². The molecule has 0 bridgehead atoms. The summed E-state index contributed by atoms with van der Waals surface area (Å²) >= 11 is 0. The largest absolute Gasteiger partial charge is 0.507 e. The topological polar surface area (TPSA) is 87.5 Å². The first-order valence-electron chi connectivity index (χ1n) is 8.92. The Morgan fingerprint density at radius 3 is 2.69 bits per heavy atom. The van der Waals surface area contributed by atoms with Crippen LogP contribution >= 0.6 is 0 Å². The Balaban J connectivity index is 1.65. The molecule has 26 heavy (non-hydrogen) atoms. The maximum absolute atomic E-state index is 12.7. The highest BCUT2D eigenvalue weighted by Crippen LogP contribution is 2.40. The van der Waals surface area contributed by atoms with Crippen LogP contribution in [0.15, 0.2) is 36.8 Å². The van der Waals surface area contributed by atoms with Crippen molar-refractivity contribution in [3.05, 3.63) is 48.0 Å². The third-order valence-electron chi connectivity index (χ3n) is 5.20. The first kappa shape index (κ1) is 16.6. The Labute approximate surface area is 151 Å². The lowest BCUT2D eigenvalue weighted by molar-refractivity contribution is -0.138. The van der Waals surface area contributed by atoms with Crippen LogP contribution in [0.5, 0.6) is 5.75 Å². The summed E-state index contributed by atoms with van der Waals surface area (Å²) in [5.41, 5.74) is 1.15. The van der Waals surface area contributed by atoms with Crippen LogP contribution in [-0.4, -0.2) is 43.5 Å². The lowest BCUT2D eigenvalue weighted by Gasteiger charge is -2.41. The molecule has 0 unspecified atom stereocenters. The molecule has 1 aliphatic carbocycles. The number of carbonyl (C=O) groups excluding carboxylic acids is 2. The van der Waals surface area contributed by atoms with Gasteiger partial charge < -0.3 is 19.9 Å². The van der Waals surface area contributed by atoms with Crippen LogP contribution in [-0.2, 0) is 11.8 Å². The number of nitrogens with one attached hydrogen (secondary N) is 1. The Hall–Kier alpha value is -2.83. The summed E-state index contributed by atoms with van der Waals surface area (Å²) in [7, 11) is 1.90. The van der Waals surface area contributed by atoms with Gasteiger partial charge in [0.05, 0.1) is 35.9 Å². The number of hydrogen-bond donors (Lipinski definition) is 2. The quantitative estimate of drug-likeness (QED) is 0.876. The number of aryl methyl sites for hydroxylation is 1. The third kappa shape index (κ3) is 2.94. The average Bonchev–Trinajstić information content (AvgIpc) is 3.37. The van der Waals surface area contributed by atoms with Crippen LogP contribution in [0.2, 0.25) is 0 Å². The minimum atomic E-state index is -0.328. The highest BCUT2D eigenvalue weighted by molar-refractivity contribution is 5.97. The first-order valence-corrected chi connectivity index (χ1v) is 8.92. The highest BCUT2D eigenvalue weighted by atomic mass is 16.3. The molecule has 1 saturated heterocycles. The average molecular weight is 354 g/mol. The van der Waals surface area contributed by atoms with E-state index < -0.39 is 0 Å². The van der Waals surface area contributed by atoms with Gasteiger partial charge in [-0.05, 0) is 31.4 Å². The molecule has 2 N–H and O–H groups in total. The van der Waals surface area contributed by atoms with Crippen LogP contribution < -0.4 is 5.32 Å². The molecule has 7 heteroatoms. The summed E-state index contributed by atoms with van der Waals surface area (Å²) in [6.07, 6.45) is 6.45. The van der Waals surface area contributed by atoms with Crippen molar-refractivity contribution in [3.8, 4) is 5.75 Å². The maximum Gasteiger partial charge on any atom is 0.255 e. The van der Waals surface area contributed by atoms with E-state index in [1.54, 1.807) is 30.7 Å². The van der Waals surface area contributed by atoms with E-state index in [9.17, 15) is 14.7 Å². The van der Waals surface area contributed by atoms with Crippen molar-refractivity contribution < 1.29 is 14.7 Å². The molecule has 0 spiro atoms. The minimum Gasteiger partial charge on any atom is -0.507 e. The molecule has 7 nitrogen and oxygen atoms in total. The van der Waals surface area contributed by atoms with Crippen molar-refractivity contribution in [3.63, 3.8) is 0 Å². The van der Waals surface area contributed by atoms with Gasteiger partial charge in [-0.3, -0.25) is 9.59 Å². The van der Waals surface area contributed by atoms with Crippen molar-refractivity contribution in [2.24, 2.45) is 7.05 Å². The maximum atomic E-state index is 12.7. The number of benzene rings is 1. The van der Waals surface area contributed by atoms with Gasteiger partial charge in [-0.15, -0.1) is 0 Å². The second kappa shape index (κ2) is 6.48. The fraction of sp³-hybridized carbons (Fsp3) is 0.421. The second-order valence-corrected chi connectivity index (χ2v) is 7.04. The Kier molecular flexibility index (Phi) is 4.14. The summed E-state index contributed by atoms with van der Waals surface area (Å²) in [5, 5.41) is 13.0. The van der Waals surface area contributed by atoms with E-state index in [1.165, 1.54) is 6.07 Å². The molecule has 4 rings (SSSR count). The van der Waals surface area contributed by atoms with Gasteiger partial charge in [-0.25, -0.2) is 4.98 Å². The predicted octanol–water partition coefficient (Wildman–Crippen LogP) is 1.75. The Morgan fingerprint density at radius 2 is 2.04 bits per heavy atom. The number of piperidine rings is 1. The summed E-state index contributed by atoms with van der Waals surface area (Å²) in [6.45, 7) is 0. The van der Waals surface area contributed by atoms with Gasteiger partial charge in [-0.2, -0.15) is 0 Å². The van der Waals surface area contributed by atoms with Crippen molar-refractivity contribution in [1.82, 2.24) is 19.8 Å². The zero-order valence-electron chi connectivity index (χ0n) is 14.6. The number of para-hydroxylation sites is 1. The van der Waals surface area contributed by atoms with Crippen LogP contribution in [0, 0.1) is 0 Å². The number of likely N-dealkylation sites (tertiary alicyclic amines) is 1. The van der Waals surface area contributed by atoms with Crippen LogP contribution in [0.4, 0.5) is 0 Å². The van der Waals surface area contributed by atoms with E-state index >= 15 is 0 Å². The number of phenols is 1. The molecule has 0 radical (unpaired) electrons. The lowest BCUT2D eigenvalue weighted by Crippen LogP contribution is -2.53. The fourth-order valence-electron chi connectivity index (χ4n) is 3.76. The molecule has 2 heterocycles. The SMILES string of the molecule is Cn1cncc1[C@H]1[C@H](NC(=O)c2ccccc2O)CCC(=O)N1C1CC1. The van der Waals surface area contributed by atoms with Gasteiger partial charge >= 0.3 is 0 Å². The van der Waals surface area contributed by atoms with E-state index in [1.807, 2.05) is 16.5 Å². The zero-order valence-corrected chi connectivity index (χ0v) is 14.6. The molecule has 1 aliphatic heterocycles. The predicted molar refractivity (Wildman–Crippen MR) is 94.4 cm³/mol. The summed E-state index contributed by atoms with van der Waals surface area (Å²) < 4.78 is 1.90. The van der Waals surface area contributed by atoms with Crippen molar-refractivity contribution in [2.75, 3.05) is 0 Å². The number of aromatic hydroxyl groups is 1. The number of amides is 2. The van der Waals surface area contributed by atoms with Gasteiger partial charge in [0.2, 0.25) is 5.91 Å². The standard InChI is InChI=1S/C19H22N4O3/c1-22-11-20-10-15(22)18-14(8-9-17(25)23(18)12-6-7-12)21-19(26)13-4-2-3-5-16(13)24/h2-5,10-12,14,18,24H,6-9H2,1H3,(H,21,26)/t14-,18-/m1/s1. The van der Waals surface area contributed by atoms with Gasteiger partial charge in [0.25, 0.3) is 5.91 Å². The van der Waals surface area contributed by atoms with Crippen LogP contribution in [0.25, 0.3) is 0 Å². The molecular formula is C19H22N4O3. The van der Waals surface area contributed by atoms with E-state index in [0.717, 1.165) is 18.5 Å². The number of hydrogen-bond acceptors (Lipinski definition) is 4. The van der Waals surface area contributed by atoms with Gasteiger partial charge in [-0.1, -0.05) is 12.1 Å². The van der Waals surface area contributed by atoms with Crippen molar-refractivity contribution >= 4 is 11.8 Å². The molecular weight excluding hydrogens is 332 g/mol. The highest BCUT2D eigenvalue weighted by Gasteiger charge is 2.45. The van der Waals surface area contributed by atoms with Crippen LogP contribution in [0.3, 0.4) is 0 Å². The summed E-state index contributed by atoms with van der Waals surface area (Å²) in [4.78, 5) is 31.4. The molecule has 2 aliphatic rings. The molecule has 136 valence electrons. The van der Waals surface area contributed by atoms with Gasteiger partial charge in [0, 0.05) is 19.5 Å². The van der Waals surface area contributed by atoms with Gasteiger partial charge in [0.15, 0.2) is 0 Å². The molecule has 2 aromatic rings. The first-order chi connectivity index (χ1) is 12.6. The normalized spacial score (nSPS) is 23.1. The number of phenolic OH excluding ortho intramolecular Hbond substituents is 1. The van der Waals surface area contributed by atoms with E-state index in [0.29, 0.717) is 12.8 Å². The molecule has 2 atom stereocenters. The van der Waals surface area contributed by atoms with Gasteiger partial charge in [0.1, 0.15) is 5.75 Å². The number of carbonyl (C=O) groups is 2. The zero-order chi connectivity index (χ0) is 18.3. The number of rotatable bonds is 4. The van der Waals surface area contributed by atoms with E-state index in [4.69, 9.17) is 0 Å². The Morgan fingerprint density at radius 1 is 1.27 bits per heavy atom. The van der Waals surface area contributed by atoms with E-state index in [-0.39, 0.29) is 41.3 Å². The molecule has 1 aromatic carbocycles. The number of imidazole rings is 1. The summed E-state index contributed by atoms with van der Waals surface area (Å²) in [5.74, 6) is -0.245. The fourth-order valence-corrected chi connectivity index (χ4v) is 3.76. The summed E-state index contributed by atoms with van der Waals surface area (Å²) in [6, 6.07) is 6.26.